The summed E-state index contributed by atoms with van der Waals surface area (Å²) in [7, 11) is 1.98. The molecule has 1 aromatic carbocycles. The van der Waals surface area contributed by atoms with Crippen molar-refractivity contribution in [3.8, 4) is 0 Å². The van der Waals surface area contributed by atoms with Crippen molar-refractivity contribution in [3.05, 3.63) is 30.1 Å². The van der Waals surface area contributed by atoms with E-state index in [1.807, 2.05) is 11.6 Å². The first-order valence-corrected chi connectivity index (χ1v) is 5.07. The third kappa shape index (κ3) is 1.77. The topological polar surface area (TPSA) is 34.9 Å². The molecule has 0 aliphatic rings. The van der Waals surface area contributed by atoms with Gasteiger partial charge in [0.25, 0.3) is 0 Å². The molecule has 2 aromatic rings. The van der Waals surface area contributed by atoms with E-state index in [2.05, 4.69) is 30.1 Å². The van der Waals surface area contributed by atoms with Gasteiger partial charge in [0.15, 0.2) is 0 Å². The van der Waals surface area contributed by atoms with Crippen LogP contribution in [0.25, 0.3) is 11.0 Å². The number of fused-ring (bicyclic) bond motifs is 1. The largest absolute Gasteiger partial charge is 0.334 e. The molecule has 3 nitrogen and oxygen atoms in total. The summed E-state index contributed by atoms with van der Waals surface area (Å²) in [5.74, 6) is 0.272. The second-order valence-corrected chi connectivity index (χ2v) is 3.91. The molecular formula is C12H14N2O. The molecule has 0 saturated carbocycles. The van der Waals surface area contributed by atoms with Crippen LogP contribution in [0.4, 0.5) is 0 Å². The van der Waals surface area contributed by atoms with Crippen molar-refractivity contribution >= 4 is 17.3 Å². The molecule has 2 rings (SSSR count). The number of aldehydes is 1. The van der Waals surface area contributed by atoms with Crippen molar-refractivity contribution in [2.24, 2.45) is 7.05 Å². The summed E-state index contributed by atoms with van der Waals surface area (Å²) >= 11 is 0. The molecule has 0 spiro atoms. The predicted molar refractivity (Wildman–Crippen MR) is 59.8 cm³/mol. The molecule has 0 aliphatic carbocycles. The molecule has 1 atom stereocenters. The molecule has 3 heteroatoms. The third-order valence-corrected chi connectivity index (χ3v) is 2.77. The summed E-state index contributed by atoms with van der Waals surface area (Å²) in [6, 6.07) is 6.18. The van der Waals surface area contributed by atoms with Gasteiger partial charge in [-0.05, 0) is 23.6 Å². The van der Waals surface area contributed by atoms with E-state index in [9.17, 15) is 4.79 Å². The fourth-order valence-corrected chi connectivity index (χ4v) is 1.74. The standard InChI is InChI=1S/C12H14N2O/c1-9(5-6-15)10-3-4-12-11(7-10)13-8-14(12)2/h3-4,6-9H,5H2,1-2H3. The van der Waals surface area contributed by atoms with E-state index < -0.39 is 0 Å². The lowest BCUT2D eigenvalue weighted by Gasteiger charge is -2.07. The smallest absolute Gasteiger partial charge is 0.120 e. The van der Waals surface area contributed by atoms with Crippen LogP contribution in [0.3, 0.4) is 0 Å². The van der Waals surface area contributed by atoms with Crippen molar-refractivity contribution in [2.75, 3.05) is 0 Å². The number of aryl methyl sites for hydroxylation is 1. The lowest BCUT2D eigenvalue weighted by atomic mass is 9.98. The van der Waals surface area contributed by atoms with Gasteiger partial charge < -0.3 is 9.36 Å². The van der Waals surface area contributed by atoms with Gasteiger partial charge in [-0.2, -0.15) is 0 Å². The van der Waals surface area contributed by atoms with Gasteiger partial charge in [-0.25, -0.2) is 4.98 Å². The van der Waals surface area contributed by atoms with Crippen LogP contribution in [0.5, 0.6) is 0 Å². The highest BCUT2D eigenvalue weighted by molar-refractivity contribution is 5.76. The molecule has 78 valence electrons. The van der Waals surface area contributed by atoms with Crippen LogP contribution in [0.2, 0.25) is 0 Å². The average molecular weight is 202 g/mol. The Morgan fingerprint density at radius 3 is 3.07 bits per heavy atom. The minimum Gasteiger partial charge on any atom is -0.334 e. The first-order chi connectivity index (χ1) is 7.22. The molecule has 1 heterocycles. The lowest BCUT2D eigenvalue weighted by Crippen LogP contribution is -1.94. The number of benzene rings is 1. The quantitative estimate of drug-likeness (QED) is 0.715. The van der Waals surface area contributed by atoms with E-state index in [1.54, 1.807) is 6.33 Å². The minimum absolute atomic E-state index is 0.272. The minimum atomic E-state index is 0.272. The van der Waals surface area contributed by atoms with Crippen molar-refractivity contribution in [1.29, 1.82) is 0 Å². The van der Waals surface area contributed by atoms with E-state index in [0.29, 0.717) is 6.42 Å². The highest BCUT2D eigenvalue weighted by Crippen LogP contribution is 2.22. The van der Waals surface area contributed by atoms with Gasteiger partial charge in [0, 0.05) is 13.5 Å². The van der Waals surface area contributed by atoms with Crippen LogP contribution in [-0.4, -0.2) is 15.8 Å². The maximum atomic E-state index is 10.4. The Balaban J connectivity index is 2.42. The van der Waals surface area contributed by atoms with Gasteiger partial charge in [0.2, 0.25) is 0 Å². The zero-order chi connectivity index (χ0) is 10.8. The van der Waals surface area contributed by atoms with Gasteiger partial charge in [0.1, 0.15) is 6.29 Å². The van der Waals surface area contributed by atoms with E-state index in [1.165, 1.54) is 5.56 Å². The highest BCUT2D eigenvalue weighted by Gasteiger charge is 2.07. The van der Waals surface area contributed by atoms with Gasteiger partial charge in [0.05, 0.1) is 17.4 Å². The molecular weight excluding hydrogens is 188 g/mol. The molecule has 1 aromatic heterocycles. The Labute approximate surface area is 88.7 Å². The summed E-state index contributed by atoms with van der Waals surface area (Å²) < 4.78 is 1.99. The summed E-state index contributed by atoms with van der Waals surface area (Å²) in [6.07, 6.45) is 3.34. The second-order valence-electron chi connectivity index (χ2n) is 3.91. The Morgan fingerprint density at radius 1 is 1.53 bits per heavy atom. The van der Waals surface area contributed by atoms with Crippen LogP contribution < -0.4 is 0 Å². The van der Waals surface area contributed by atoms with Crippen LogP contribution >= 0.6 is 0 Å². The number of aromatic nitrogens is 2. The van der Waals surface area contributed by atoms with Crippen molar-refractivity contribution in [2.45, 2.75) is 19.3 Å². The molecule has 1 unspecified atom stereocenters. The van der Waals surface area contributed by atoms with E-state index >= 15 is 0 Å². The number of carbonyl (C=O) groups is 1. The average Bonchev–Trinajstić information content (AvgIpc) is 2.60. The molecule has 0 saturated heterocycles. The Morgan fingerprint density at radius 2 is 2.33 bits per heavy atom. The maximum Gasteiger partial charge on any atom is 0.120 e. The fourth-order valence-electron chi connectivity index (χ4n) is 1.74. The Kier molecular flexibility index (Phi) is 2.54. The van der Waals surface area contributed by atoms with E-state index in [4.69, 9.17) is 0 Å². The third-order valence-electron chi connectivity index (χ3n) is 2.77. The summed E-state index contributed by atoms with van der Waals surface area (Å²) in [4.78, 5) is 14.7. The maximum absolute atomic E-state index is 10.4. The van der Waals surface area contributed by atoms with Crippen molar-refractivity contribution < 1.29 is 4.79 Å². The van der Waals surface area contributed by atoms with Gasteiger partial charge >= 0.3 is 0 Å². The zero-order valence-corrected chi connectivity index (χ0v) is 8.97. The summed E-state index contributed by atoms with van der Waals surface area (Å²) in [6.45, 7) is 2.05. The normalized spacial score (nSPS) is 12.9. The number of hydrogen-bond donors (Lipinski definition) is 0. The Hall–Kier alpha value is -1.64. The SMILES string of the molecule is CC(CC=O)c1ccc2c(c1)ncn2C. The Bertz CT molecular complexity index is 487. The molecule has 15 heavy (non-hydrogen) atoms. The monoisotopic (exact) mass is 202 g/mol. The number of carbonyl (C=O) groups excluding carboxylic acids is 1. The number of imidazole rings is 1. The molecule has 0 fully saturated rings. The molecule has 0 bridgehead atoms. The van der Waals surface area contributed by atoms with Gasteiger partial charge in [-0.1, -0.05) is 13.0 Å². The van der Waals surface area contributed by atoms with Gasteiger partial charge in [-0.3, -0.25) is 0 Å². The van der Waals surface area contributed by atoms with E-state index in [0.717, 1.165) is 17.3 Å². The van der Waals surface area contributed by atoms with Crippen LogP contribution in [-0.2, 0) is 11.8 Å². The molecule has 0 radical (unpaired) electrons. The lowest BCUT2D eigenvalue weighted by molar-refractivity contribution is -0.108. The number of hydrogen-bond acceptors (Lipinski definition) is 2. The first-order valence-electron chi connectivity index (χ1n) is 5.07. The number of rotatable bonds is 3. The summed E-state index contributed by atoms with van der Waals surface area (Å²) in [5.41, 5.74) is 3.29. The van der Waals surface area contributed by atoms with Crippen LogP contribution in [0.1, 0.15) is 24.8 Å². The molecule has 0 amide bonds. The van der Waals surface area contributed by atoms with Crippen LogP contribution in [0, 0.1) is 0 Å². The van der Waals surface area contributed by atoms with Crippen molar-refractivity contribution in [1.82, 2.24) is 9.55 Å². The predicted octanol–water partition coefficient (Wildman–Crippen LogP) is 2.27. The van der Waals surface area contributed by atoms with Gasteiger partial charge in [-0.15, -0.1) is 0 Å². The van der Waals surface area contributed by atoms with Crippen molar-refractivity contribution in [3.63, 3.8) is 0 Å². The summed E-state index contributed by atoms with van der Waals surface area (Å²) in [5, 5.41) is 0. The first kappa shape index (κ1) is 9.90. The fraction of sp³-hybridized carbons (Fsp3) is 0.333. The van der Waals surface area contributed by atoms with E-state index in [-0.39, 0.29) is 5.92 Å². The zero-order valence-electron chi connectivity index (χ0n) is 8.97. The number of nitrogens with zero attached hydrogens (tertiary/aromatic N) is 2. The van der Waals surface area contributed by atoms with Crippen LogP contribution in [0.15, 0.2) is 24.5 Å². The molecule has 0 N–H and O–H groups in total. The molecule has 0 aliphatic heterocycles. The highest BCUT2D eigenvalue weighted by atomic mass is 16.1. The second kappa shape index (κ2) is 3.85.